The second-order valence-electron chi connectivity index (χ2n) is 4.48. The van der Waals surface area contributed by atoms with E-state index in [-0.39, 0.29) is 0 Å². The summed E-state index contributed by atoms with van der Waals surface area (Å²) < 4.78 is 8.19. The van der Waals surface area contributed by atoms with E-state index in [1.165, 1.54) is 0 Å². The van der Waals surface area contributed by atoms with Crippen LogP contribution in [0.25, 0.3) is 5.65 Å². The van der Waals surface area contributed by atoms with Crippen LogP contribution < -0.4 is 5.32 Å². The van der Waals surface area contributed by atoms with Crippen molar-refractivity contribution in [2.75, 3.05) is 25.1 Å². The molecule has 0 saturated carbocycles. The second-order valence-corrected chi connectivity index (χ2v) is 5.40. The van der Waals surface area contributed by atoms with Gasteiger partial charge in [0.1, 0.15) is 0 Å². The molecule has 0 aromatic carbocycles. The van der Waals surface area contributed by atoms with Crippen LogP contribution >= 0.6 is 15.9 Å². The van der Waals surface area contributed by atoms with Gasteiger partial charge >= 0.3 is 0 Å². The Morgan fingerprint density at radius 3 is 3.06 bits per heavy atom. The minimum absolute atomic E-state index is 0.565. The first-order valence-corrected chi connectivity index (χ1v) is 6.78. The molecule has 0 atom stereocenters. The van der Waals surface area contributed by atoms with Crippen molar-refractivity contribution in [3.63, 3.8) is 0 Å². The lowest BCUT2D eigenvalue weighted by atomic mass is 10.2. The van der Waals surface area contributed by atoms with Crippen molar-refractivity contribution < 1.29 is 4.74 Å². The predicted octanol–water partition coefficient (Wildman–Crippen LogP) is 2.58. The maximum atomic E-state index is 5.48. The molecular weight excluding hydrogens is 296 g/mol. The Morgan fingerprint density at radius 2 is 2.28 bits per heavy atom. The lowest BCUT2D eigenvalue weighted by Gasteiger charge is -2.06. The monoisotopic (exact) mass is 312 g/mol. The molecule has 0 spiro atoms. The second kappa shape index (κ2) is 6.15. The van der Waals surface area contributed by atoms with Crippen LogP contribution in [0.3, 0.4) is 0 Å². The van der Waals surface area contributed by atoms with Gasteiger partial charge in [-0.2, -0.15) is 4.98 Å². The topological polar surface area (TPSA) is 51.5 Å². The molecule has 0 bridgehead atoms. The summed E-state index contributed by atoms with van der Waals surface area (Å²) in [6.07, 6.45) is 1.88. The molecule has 18 heavy (non-hydrogen) atoms. The SMILES string of the molecule is CC(C)COCCNc1nc2ccc(Br)cn2n1. The maximum absolute atomic E-state index is 5.48. The third kappa shape index (κ3) is 3.68. The van der Waals surface area contributed by atoms with Gasteiger partial charge in [0.25, 0.3) is 0 Å². The Hall–Kier alpha value is -1.14. The minimum Gasteiger partial charge on any atom is -0.379 e. The number of pyridine rings is 1. The fourth-order valence-electron chi connectivity index (χ4n) is 1.49. The first-order chi connectivity index (χ1) is 8.65. The third-order valence-electron chi connectivity index (χ3n) is 2.28. The lowest BCUT2D eigenvalue weighted by molar-refractivity contribution is 0.118. The van der Waals surface area contributed by atoms with Gasteiger partial charge in [-0.15, -0.1) is 5.10 Å². The van der Waals surface area contributed by atoms with E-state index >= 15 is 0 Å². The summed E-state index contributed by atoms with van der Waals surface area (Å²) >= 11 is 3.40. The van der Waals surface area contributed by atoms with Crippen molar-refractivity contribution in [1.82, 2.24) is 14.6 Å². The number of anilines is 1. The summed E-state index contributed by atoms with van der Waals surface area (Å²) in [6, 6.07) is 3.86. The summed E-state index contributed by atoms with van der Waals surface area (Å²) in [6.45, 7) is 6.43. The molecule has 1 N–H and O–H groups in total. The van der Waals surface area contributed by atoms with E-state index in [0.717, 1.165) is 16.7 Å². The van der Waals surface area contributed by atoms with E-state index < -0.39 is 0 Å². The van der Waals surface area contributed by atoms with Gasteiger partial charge in [-0.1, -0.05) is 13.8 Å². The van der Waals surface area contributed by atoms with Crippen LogP contribution in [-0.2, 0) is 4.74 Å². The Balaban J connectivity index is 1.84. The fraction of sp³-hybridized carbons (Fsp3) is 0.500. The zero-order valence-corrected chi connectivity index (χ0v) is 12.1. The molecule has 0 amide bonds. The average Bonchev–Trinajstić information content (AvgIpc) is 2.70. The first kappa shape index (κ1) is 13.3. The Morgan fingerprint density at radius 1 is 1.44 bits per heavy atom. The number of nitrogens with zero attached hydrogens (tertiary/aromatic N) is 3. The van der Waals surface area contributed by atoms with E-state index in [2.05, 4.69) is 45.2 Å². The molecule has 0 aliphatic heterocycles. The summed E-state index contributed by atoms with van der Waals surface area (Å²) in [7, 11) is 0. The molecule has 5 nitrogen and oxygen atoms in total. The summed E-state index contributed by atoms with van der Waals surface area (Å²) in [4.78, 5) is 4.35. The van der Waals surface area contributed by atoms with Crippen LogP contribution in [0.5, 0.6) is 0 Å². The van der Waals surface area contributed by atoms with E-state index in [1.54, 1.807) is 4.52 Å². The molecule has 2 rings (SSSR count). The number of hydrogen-bond acceptors (Lipinski definition) is 4. The molecule has 98 valence electrons. The minimum atomic E-state index is 0.565. The number of aromatic nitrogens is 3. The highest BCUT2D eigenvalue weighted by Crippen LogP contribution is 2.11. The molecule has 0 aliphatic carbocycles. The summed E-state index contributed by atoms with van der Waals surface area (Å²) in [5, 5.41) is 7.46. The molecule has 2 aromatic heterocycles. The van der Waals surface area contributed by atoms with Crippen molar-refractivity contribution in [2.45, 2.75) is 13.8 Å². The van der Waals surface area contributed by atoms with Crippen molar-refractivity contribution in [3.05, 3.63) is 22.8 Å². The summed E-state index contributed by atoms with van der Waals surface area (Å²) in [5.41, 5.74) is 0.823. The number of hydrogen-bond donors (Lipinski definition) is 1. The van der Waals surface area contributed by atoms with Crippen LogP contribution in [0.1, 0.15) is 13.8 Å². The van der Waals surface area contributed by atoms with Gasteiger partial charge in [0, 0.05) is 23.8 Å². The molecule has 0 saturated heterocycles. The van der Waals surface area contributed by atoms with Crippen LogP contribution in [0, 0.1) is 5.92 Å². The van der Waals surface area contributed by atoms with Crippen LogP contribution in [0.15, 0.2) is 22.8 Å². The van der Waals surface area contributed by atoms with Crippen molar-refractivity contribution in [2.24, 2.45) is 5.92 Å². The molecule has 0 unspecified atom stereocenters. The zero-order chi connectivity index (χ0) is 13.0. The molecule has 2 heterocycles. The fourth-order valence-corrected chi connectivity index (χ4v) is 1.81. The molecule has 0 aliphatic rings. The molecule has 2 aromatic rings. The van der Waals surface area contributed by atoms with Gasteiger partial charge < -0.3 is 10.1 Å². The Bertz CT molecular complexity index is 512. The number of fused-ring (bicyclic) bond motifs is 1. The van der Waals surface area contributed by atoms with Gasteiger partial charge in [-0.3, -0.25) is 0 Å². The smallest absolute Gasteiger partial charge is 0.243 e. The van der Waals surface area contributed by atoms with E-state index in [0.29, 0.717) is 25.0 Å². The zero-order valence-electron chi connectivity index (χ0n) is 10.6. The molecule has 6 heteroatoms. The number of halogens is 1. The largest absolute Gasteiger partial charge is 0.379 e. The van der Waals surface area contributed by atoms with E-state index in [4.69, 9.17) is 4.74 Å². The van der Waals surface area contributed by atoms with Gasteiger partial charge in [0.2, 0.25) is 5.95 Å². The van der Waals surface area contributed by atoms with Crippen LogP contribution in [-0.4, -0.2) is 34.4 Å². The van der Waals surface area contributed by atoms with Gasteiger partial charge in [0.05, 0.1) is 6.61 Å². The quantitative estimate of drug-likeness (QED) is 0.833. The molecule has 0 radical (unpaired) electrons. The predicted molar refractivity (Wildman–Crippen MR) is 74.8 cm³/mol. The number of rotatable bonds is 6. The highest BCUT2D eigenvalue weighted by molar-refractivity contribution is 9.10. The standard InChI is InChI=1S/C12H17BrN4O/c1-9(2)8-18-6-5-14-12-15-11-4-3-10(13)7-17(11)16-12/h3-4,7,9H,5-6,8H2,1-2H3,(H,14,16). The molecule has 0 fully saturated rings. The maximum Gasteiger partial charge on any atom is 0.243 e. The summed E-state index contributed by atoms with van der Waals surface area (Å²) in [5.74, 6) is 1.19. The van der Waals surface area contributed by atoms with E-state index in [9.17, 15) is 0 Å². The van der Waals surface area contributed by atoms with E-state index in [1.807, 2.05) is 18.3 Å². The van der Waals surface area contributed by atoms with Gasteiger partial charge in [-0.25, -0.2) is 4.52 Å². The Kier molecular flexibility index (Phi) is 4.54. The normalized spacial score (nSPS) is 11.3. The lowest BCUT2D eigenvalue weighted by Crippen LogP contribution is -2.12. The average molecular weight is 313 g/mol. The third-order valence-corrected chi connectivity index (χ3v) is 2.74. The number of nitrogens with one attached hydrogen (secondary N) is 1. The first-order valence-electron chi connectivity index (χ1n) is 5.98. The van der Waals surface area contributed by atoms with Crippen molar-refractivity contribution in [1.29, 1.82) is 0 Å². The Labute approximate surface area is 115 Å². The van der Waals surface area contributed by atoms with Crippen LogP contribution in [0.4, 0.5) is 5.95 Å². The highest BCUT2D eigenvalue weighted by atomic mass is 79.9. The van der Waals surface area contributed by atoms with Crippen LogP contribution in [0.2, 0.25) is 0 Å². The van der Waals surface area contributed by atoms with Crippen molar-refractivity contribution in [3.8, 4) is 0 Å². The number of ether oxygens (including phenoxy) is 1. The highest BCUT2D eigenvalue weighted by Gasteiger charge is 2.02. The van der Waals surface area contributed by atoms with Gasteiger partial charge in [0.15, 0.2) is 5.65 Å². The molecular formula is C12H17BrN4O. The van der Waals surface area contributed by atoms with Gasteiger partial charge in [-0.05, 0) is 34.0 Å². The van der Waals surface area contributed by atoms with Crippen molar-refractivity contribution >= 4 is 27.5 Å².